The third-order valence-corrected chi connectivity index (χ3v) is 4.47. The molecule has 2 unspecified atom stereocenters. The summed E-state index contributed by atoms with van der Waals surface area (Å²) in [5.74, 6) is -0.330. The third kappa shape index (κ3) is 4.81. The Balaban J connectivity index is 2.01. The Kier molecular flexibility index (Phi) is 5.33. The summed E-state index contributed by atoms with van der Waals surface area (Å²) in [6.07, 6.45) is 3.81. The second kappa shape index (κ2) is 6.93. The molecule has 0 saturated heterocycles. The van der Waals surface area contributed by atoms with Crippen LogP contribution in [0, 0.1) is 5.92 Å². The number of hydrogen-bond donors (Lipinski definition) is 3. The first-order chi connectivity index (χ1) is 11.1. The molecule has 1 aromatic rings. The zero-order chi connectivity index (χ0) is 18.0. The molecule has 4 N–H and O–H groups in total. The smallest absolute Gasteiger partial charge is 0.251 e. The van der Waals surface area contributed by atoms with Gasteiger partial charge in [0.25, 0.3) is 5.91 Å². The Morgan fingerprint density at radius 2 is 1.79 bits per heavy atom. The molecule has 0 heterocycles. The van der Waals surface area contributed by atoms with E-state index in [1.807, 2.05) is 27.7 Å². The van der Waals surface area contributed by atoms with E-state index < -0.39 is 5.54 Å². The summed E-state index contributed by atoms with van der Waals surface area (Å²) in [4.78, 5) is 24.6. The second-order valence-electron chi connectivity index (χ2n) is 8.07. The van der Waals surface area contributed by atoms with Crippen molar-refractivity contribution in [1.29, 1.82) is 0 Å². The molecule has 2 amide bonds. The molecular formula is C19H29N3O2. The standard InChI is InChI=1S/C19H29N3O2/c1-18(2,3)22-16(23)13-8-10-14(11-9-13)21-17(24)15-7-5-6-12-19(15,4)20/h8-11,15H,5-7,12,20H2,1-4H3,(H,21,24)(H,22,23). The van der Waals surface area contributed by atoms with Crippen molar-refractivity contribution in [2.24, 2.45) is 11.7 Å². The van der Waals surface area contributed by atoms with Gasteiger partial charge in [0.15, 0.2) is 0 Å². The van der Waals surface area contributed by atoms with E-state index >= 15 is 0 Å². The predicted molar refractivity (Wildman–Crippen MR) is 96.8 cm³/mol. The average Bonchev–Trinajstić information content (AvgIpc) is 2.45. The molecule has 1 fully saturated rings. The summed E-state index contributed by atoms with van der Waals surface area (Å²) < 4.78 is 0. The van der Waals surface area contributed by atoms with Crippen LogP contribution >= 0.6 is 0 Å². The second-order valence-corrected chi connectivity index (χ2v) is 8.07. The van der Waals surface area contributed by atoms with E-state index in [0.717, 1.165) is 25.7 Å². The highest BCUT2D eigenvalue weighted by Gasteiger charge is 2.37. The molecule has 0 bridgehead atoms. The van der Waals surface area contributed by atoms with Crippen molar-refractivity contribution < 1.29 is 9.59 Å². The highest BCUT2D eigenvalue weighted by Crippen LogP contribution is 2.32. The van der Waals surface area contributed by atoms with Crippen LogP contribution in [0.1, 0.15) is 63.7 Å². The minimum Gasteiger partial charge on any atom is -0.347 e. The third-order valence-electron chi connectivity index (χ3n) is 4.47. The Morgan fingerprint density at radius 1 is 1.17 bits per heavy atom. The maximum Gasteiger partial charge on any atom is 0.251 e. The summed E-state index contributed by atoms with van der Waals surface area (Å²) in [6.45, 7) is 7.77. The van der Waals surface area contributed by atoms with Crippen LogP contribution in [0.4, 0.5) is 5.69 Å². The number of carbonyl (C=O) groups is 2. The van der Waals surface area contributed by atoms with E-state index in [4.69, 9.17) is 5.73 Å². The van der Waals surface area contributed by atoms with Crippen molar-refractivity contribution >= 4 is 17.5 Å². The molecule has 1 aromatic carbocycles. The fourth-order valence-corrected chi connectivity index (χ4v) is 3.14. The maximum absolute atomic E-state index is 12.5. The Hall–Kier alpha value is -1.88. The Labute approximate surface area is 144 Å². The minimum absolute atomic E-state index is 0.0356. The number of nitrogens with one attached hydrogen (secondary N) is 2. The topological polar surface area (TPSA) is 84.2 Å². The van der Waals surface area contributed by atoms with Gasteiger partial charge in [-0.2, -0.15) is 0 Å². The van der Waals surface area contributed by atoms with Crippen LogP contribution in [0.15, 0.2) is 24.3 Å². The molecule has 2 rings (SSSR count). The van der Waals surface area contributed by atoms with Gasteiger partial charge < -0.3 is 16.4 Å². The molecular weight excluding hydrogens is 302 g/mol. The van der Waals surface area contributed by atoms with Crippen molar-refractivity contribution in [2.75, 3.05) is 5.32 Å². The lowest BCUT2D eigenvalue weighted by Crippen LogP contribution is -2.51. The van der Waals surface area contributed by atoms with Crippen LogP contribution in [0.3, 0.4) is 0 Å². The van der Waals surface area contributed by atoms with Crippen LogP contribution in [-0.4, -0.2) is 22.9 Å². The number of carbonyl (C=O) groups excluding carboxylic acids is 2. The Morgan fingerprint density at radius 3 is 2.33 bits per heavy atom. The highest BCUT2D eigenvalue weighted by molar-refractivity contribution is 5.96. The van der Waals surface area contributed by atoms with E-state index in [1.54, 1.807) is 24.3 Å². The molecule has 0 radical (unpaired) electrons. The summed E-state index contributed by atoms with van der Waals surface area (Å²) in [6, 6.07) is 6.96. The molecule has 1 aliphatic rings. The lowest BCUT2D eigenvalue weighted by Gasteiger charge is -2.37. The molecule has 2 atom stereocenters. The molecule has 1 saturated carbocycles. The van der Waals surface area contributed by atoms with E-state index in [9.17, 15) is 9.59 Å². The molecule has 5 heteroatoms. The molecule has 24 heavy (non-hydrogen) atoms. The van der Waals surface area contributed by atoms with Gasteiger partial charge in [0.1, 0.15) is 0 Å². The number of rotatable bonds is 3. The van der Waals surface area contributed by atoms with Crippen molar-refractivity contribution in [2.45, 2.75) is 64.5 Å². The van der Waals surface area contributed by atoms with Crippen LogP contribution in [-0.2, 0) is 4.79 Å². The monoisotopic (exact) mass is 331 g/mol. The van der Waals surface area contributed by atoms with Crippen LogP contribution < -0.4 is 16.4 Å². The summed E-state index contributed by atoms with van der Waals surface area (Å²) in [5.41, 5.74) is 6.82. The fourth-order valence-electron chi connectivity index (χ4n) is 3.14. The quantitative estimate of drug-likeness (QED) is 0.796. The summed E-state index contributed by atoms with van der Waals surface area (Å²) >= 11 is 0. The van der Waals surface area contributed by atoms with E-state index in [0.29, 0.717) is 11.3 Å². The molecule has 0 aliphatic heterocycles. The fraction of sp³-hybridized carbons (Fsp3) is 0.579. The van der Waals surface area contributed by atoms with E-state index in [1.165, 1.54) is 0 Å². The highest BCUT2D eigenvalue weighted by atomic mass is 16.2. The number of benzene rings is 1. The molecule has 132 valence electrons. The van der Waals surface area contributed by atoms with Crippen molar-refractivity contribution in [3.05, 3.63) is 29.8 Å². The minimum atomic E-state index is -0.450. The van der Waals surface area contributed by atoms with Gasteiger partial charge in [0, 0.05) is 22.3 Å². The zero-order valence-electron chi connectivity index (χ0n) is 15.1. The van der Waals surface area contributed by atoms with Crippen molar-refractivity contribution in [1.82, 2.24) is 5.32 Å². The van der Waals surface area contributed by atoms with Gasteiger partial charge in [-0.05, 0) is 64.8 Å². The van der Waals surface area contributed by atoms with Crippen LogP contribution in [0.2, 0.25) is 0 Å². The van der Waals surface area contributed by atoms with Crippen molar-refractivity contribution in [3.63, 3.8) is 0 Å². The summed E-state index contributed by atoms with van der Waals surface area (Å²) in [5, 5.41) is 5.85. The first-order valence-corrected chi connectivity index (χ1v) is 8.61. The SMILES string of the molecule is CC(C)(C)NC(=O)c1ccc(NC(=O)C2CCCCC2(C)N)cc1. The van der Waals surface area contributed by atoms with Crippen LogP contribution in [0.5, 0.6) is 0 Å². The van der Waals surface area contributed by atoms with Gasteiger partial charge in [-0.3, -0.25) is 9.59 Å². The predicted octanol–water partition coefficient (Wildman–Crippen LogP) is 3.06. The molecule has 0 spiro atoms. The van der Waals surface area contributed by atoms with Gasteiger partial charge in [-0.15, -0.1) is 0 Å². The number of nitrogens with two attached hydrogens (primary N) is 1. The lowest BCUT2D eigenvalue weighted by atomic mass is 9.74. The Bertz CT molecular complexity index is 600. The van der Waals surface area contributed by atoms with Gasteiger partial charge in [-0.25, -0.2) is 0 Å². The van der Waals surface area contributed by atoms with E-state index in [-0.39, 0.29) is 23.3 Å². The lowest BCUT2D eigenvalue weighted by molar-refractivity contribution is -0.122. The van der Waals surface area contributed by atoms with Gasteiger partial charge in [0.05, 0.1) is 5.92 Å². The summed E-state index contributed by atoms with van der Waals surface area (Å²) in [7, 11) is 0. The van der Waals surface area contributed by atoms with Gasteiger partial charge in [0.2, 0.25) is 5.91 Å². The van der Waals surface area contributed by atoms with E-state index in [2.05, 4.69) is 10.6 Å². The normalized spacial score (nSPS) is 24.3. The van der Waals surface area contributed by atoms with Crippen LogP contribution in [0.25, 0.3) is 0 Å². The molecule has 0 aromatic heterocycles. The van der Waals surface area contributed by atoms with Gasteiger partial charge in [-0.1, -0.05) is 12.8 Å². The number of anilines is 1. The largest absolute Gasteiger partial charge is 0.347 e. The molecule has 5 nitrogen and oxygen atoms in total. The number of hydrogen-bond acceptors (Lipinski definition) is 3. The number of amides is 2. The first kappa shape index (κ1) is 18.5. The average molecular weight is 331 g/mol. The van der Waals surface area contributed by atoms with Crippen molar-refractivity contribution in [3.8, 4) is 0 Å². The molecule has 1 aliphatic carbocycles. The zero-order valence-corrected chi connectivity index (χ0v) is 15.1. The first-order valence-electron chi connectivity index (χ1n) is 8.61. The van der Waals surface area contributed by atoms with Gasteiger partial charge >= 0.3 is 0 Å². The maximum atomic E-state index is 12.5.